The molecule has 0 fully saturated rings. The molecule has 13 heteroatoms. The first-order valence-electron chi connectivity index (χ1n) is 9.00. The average Bonchev–Trinajstić information content (AvgIpc) is 3.16. The molecule has 32 heavy (non-hydrogen) atoms. The van der Waals surface area contributed by atoms with Crippen LogP contribution >= 0.6 is 13.5 Å². The fourth-order valence-corrected chi connectivity index (χ4v) is 3.27. The number of halogens is 4. The van der Waals surface area contributed by atoms with Crippen LogP contribution in [0.2, 0.25) is 0 Å². The van der Waals surface area contributed by atoms with Gasteiger partial charge in [-0.1, -0.05) is 0 Å². The highest BCUT2D eigenvalue weighted by molar-refractivity contribution is 7.59. The van der Waals surface area contributed by atoms with Crippen molar-refractivity contribution in [1.29, 1.82) is 0 Å². The fraction of sp³-hybridized carbons (Fsp3) is 0.211. The summed E-state index contributed by atoms with van der Waals surface area (Å²) in [6.45, 7) is 1.90. The molecular weight excluding hydrogens is 452 g/mol. The molecule has 168 valence electrons. The van der Waals surface area contributed by atoms with Gasteiger partial charge in [-0.2, -0.15) is 41.1 Å². The van der Waals surface area contributed by atoms with E-state index in [1.54, 1.807) is 6.92 Å². The summed E-state index contributed by atoms with van der Waals surface area (Å²) in [6, 6.07) is 3.80. The highest BCUT2D eigenvalue weighted by atomic mass is 32.1. The van der Waals surface area contributed by atoms with Gasteiger partial charge in [0.25, 0.3) is 11.8 Å². The van der Waals surface area contributed by atoms with Gasteiger partial charge in [-0.05, 0) is 31.2 Å². The number of hydrogen-bond donors (Lipinski definition) is 1. The Morgan fingerprint density at radius 1 is 1.16 bits per heavy atom. The van der Waals surface area contributed by atoms with Crippen LogP contribution in [-0.4, -0.2) is 38.1 Å². The van der Waals surface area contributed by atoms with Crippen molar-refractivity contribution >= 4 is 36.8 Å². The van der Waals surface area contributed by atoms with Crippen LogP contribution in [0.5, 0.6) is 0 Å². The maximum atomic E-state index is 13.2. The Morgan fingerprint density at radius 2 is 1.84 bits per heavy atom. The predicted molar refractivity (Wildman–Crippen MR) is 110 cm³/mol. The summed E-state index contributed by atoms with van der Waals surface area (Å²) in [6.07, 6.45) is -1.30. The normalized spacial score (nSPS) is 15.7. The number of nitrogens with one attached hydrogen (secondary N) is 1. The van der Waals surface area contributed by atoms with Crippen molar-refractivity contribution in [3.05, 3.63) is 65.6 Å². The van der Waals surface area contributed by atoms with Gasteiger partial charge >= 0.3 is 6.18 Å². The van der Waals surface area contributed by atoms with Crippen LogP contribution in [0.15, 0.2) is 42.9 Å². The number of alkyl halides is 3. The average molecular weight is 468 g/mol. The lowest BCUT2D eigenvalue weighted by molar-refractivity contribution is -0.137. The minimum Gasteiger partial charge on any atom is -0.305 e. The molecule has 1 aromatic carbocycles. The Hall–Kier alpha value is -3.48. The summed E-state index contributed by atoms with van der Waals surface area (Å²) in [7, 11) is 0. The van der Waals surface area contributed by atoms with Crippen molar-refractivity contribution in [2.75, 3.05) is 16.8 Å². The molecular formula is C19H16F4N6O2S. The first kappa shape index (κ1) is 23.2. The Labute approximate surface area is 185 Å². The lowest BCUT2D eigenvalue weighted by Crippen LogP contribution is -2.43. The molecule has 0 saturated carbocycles. The second-order valence-corrected chi connectivity index (χ2v) is 6.84. The van der Waals surface area contributed by atoms with Gasteiger partial charge in [0.05, 0.1) is 35.8 Å². The van der Waals surface area contributed by atoms with Gasteiger partial charge in [-0.15, -0.1) is 0 Å². The maximum Gasteiger partial charge on any atom is 0.416 e. The molecule has 0 bridgehead atoms. The smallest absolute Gasteiger partial charge is 0.305 e. The van der Waals surface area contributed by atoms with Crippen molar-refractivity contribution in [1.82, 2.24) is 19.7 Å². The summed E-state index contributed by atoms with van der Waals surface area (Å²) in [5, 5.41) is 6.44. The van der Waals surface area contributed by atoms with Crippen LogP contribution in [0.1, 0.15) is 39.4 Å². The quantitative estimate of drug-likeness (QED) is 0.595. The van der Waals surface area contributed by atoms with Crippen LogP contribution < -0.4 is 10.2 Å². The van der Waals surface area contributed by atoms with Gasteiger partial charge in [0.15, 0.2) is 5.82 Å². The number of benzene rings is 1. The lowest BCUT2D eigenvalue weighted by atomic mass is 10.1. The number of aromatic nitrogens is 4. The number of hydrogen-bond acceptors (Lipinski definition) is 5. The number of fused-ring (bicyclic) bond motifs is 1. The zero-order valence-electron chi connectivity index (χ0n) is 16.4. The number of nitrogens with zero attached hydrogens (tertiary/aromatic N) is 5. The Balaban J connectivity index is 0.00000289. The minimum atomic E-state index is -4.50. The molecule has 1 N–H and O–H groups in total. The van der Waals surface area contributed by atoms with Gasteiger partial charge in [0.2, 0.25) is 5.95 Å². The molecule has 2 aromatic heterocycles. The predicted octanol–water partition coefficient (Wildman–Crippen LogP) is 3.42. The van der Waals surface area contributed by atoms with E-state index in [0.29, 0.717) is 0 Å². The van der Waals surface area contributed by atoms with Crippen LogP contribution in [0, 0.1) is 5.95 Å². The highest BCUT2D eigenvalue weighted by Gasteiger charge is 2.36. The van der Waals surface area contributed by atoms with Gasteiger partial charge in [0, 0.05) is 12.2 Å². The summed E-state index contributed by atoms with van der Waals surface area (Å²) >= 11 is 0. The zero-order valence-corrected chi connectivity index (χ0v) is 17.4. The standard InChI is InChI=1S/C19H14F4N6O2.H2S/c1-10-9-28(12-4-2-11(3-5-12)19(21,22)23)18(31)16-13(6-25-29(10)16)17(30)27-15-8-24-7-14(20)26-15;/h2-8,10H,9H2,1H3,(H,26,27,30);1H2/t10-;/m0./s1. The molecule has 0 radical (unpaired) electrons. The Kier molecular flexibility index (Phi) is 6.21. The molecule has 1 aliphatic rings. The highest BCUT2D eigenvalue weighted by Crippen LogP contribution is 2.32. The molecule has 0 saturated heterocycles. The SMILES string of the molecule is C[C@H]1CN(c2ccc(C(F)(F)F)cc2)C(=O)c2c(C(=O)Nc3cncc(F)n3)cnn21.S. The van der Waals surface area contributed by atoms with Crippen molar-refractivity contribution in [3.63, 3.8) is 0 Å². The number of amides is 2. The van der Waals surface area contributed by atoms with Crippen LogP contribution in [0.25, 0.3) is 0 Å². The van der Waals surface area contributed by atoms with Gasteiger partial charge < -0.3 is 10.2 Å². The van der Waals surface area contributed by atoms with Crippen molar-refractivity contribution in [2.24, 2.45) is 0 Å². The van der Waals surface area contributed by atoms with Gasteiger partial charge in [0.1, 0.15) is 5.69 Å². The molecule has 1 atom stereocenters. The maximum absolute atomic E-state index is 13.2. The van der Waals surface area contributed by atoms with Crippen molar-refractivity contribution in [3.8, 4) is 0 Å². The Bertz CT molecular complexity index is 1170. The third-order valence-electron chi connectivity index (χ3n) is 4.71. The van der Waals surface area contributed by atoms with E-state index in [4.69, 9.17) is 0 Å². The topological polar surface area (TPSA) is 93.0 Å². The number of carbonyl (C=O) groups excluding carboxylic acids is 2. The van der Waals surface area contributed by atoms with Crippen LogP contribution in [-0.2, 0) is 6.18 Å². The minimum absolute atomic E-state index is 0. The molecule has 4 rings (SSSR count). The van der Waals surface area contributed by atoms with E-state index in [2.05, 4.69) is 20.4 Å². The summed E-state index contributed by atoms with van der Waals surface area (Å²) in [5.74, 6) is -2.41. The van der Waals surface area contributed by atoms with E-state index in [9.17, 15) is 27.2 Å². The number of carbonyl (C=O) groups is 2. The number of anilines is 2. The zero-order chi connectivity index (χ0) is 22.3. The first-order chi connectivity index (χ1) is 14.6. The molecule has 8 nitrogen and oxygen atoms in total. The van der Waals surface area contributed by atoms with E-state index >= 15 is 0 Å². The Morgan fingerprint density at radius 3 is 2.47 bits per heavy atom. The summed E-state index contributed by atoms with van der Waals surface area (Å²) in [4.78, 5) is 34.1. The van der Waals surface area contributed by atoms with Crippen LogP contribution in [0.3, 0.4) is 0 Å². The lowest BCUT2D eigenvalue weighted by Gasteiger charge is -2.32. The largest absolute Gasteiger partial charge is 0.416 e. The van der Waals surface area contributed by atoms with Crippen molar-refractivity contribution in [2.45, 2.75) is 19.1 Å². The molecule has 1 aliphatic heterocycles. The third-order valence-corrected chi connectivity index (χ3v) is 4.71. The second-order valence-electron chi connectivity index (χ2n) is 6.84. The number of rotatable bonds is 3. The van der Waals surface area contributed by atoms with E-state index in [1.165, 1.54) is 27.9 Å². The summed E-state index contributed by atoms with van der Waals surface area (Å²) < 4.78 is 53.1. The summed E-state index contributed by atoms with van der Waals surface area (Å²) in [5.41, 5.74) is -0.713. The molecule has 3 aromatic rings. The van der Waals surface area contributed by atoms with Crippen molar-refractivity contribution < 1.29 is 27.2 Å². The van der Waals surface area contributed by atoms with Gasteiger partial charge in [-0.25, -0.2) is 0 Å². The molecule has 3 heterocycles. The van der Waals surface area contributed by atoms with E-state index in [1.807, 2.05) is 0 Å². The second kappa shape index (κ2) is 8.57. The third kappa shape index (κ3) is 4.28. The van der Waals surface area contributed by atoms with Crippen LogP contribution in [0.4, 0.5) is 29.1 Å². The monoisotopic (exact) mass is 468 g/mol. The van der Waals surface area contributed by atoms with E-state index in [-0.39, 0.29) is 48.8 Å². The molecule has 0 unspecified atom stereocenters. The first-order valence-corrected chi connectivity index (χ1v) is 9.00. The van der Waals surface area contributed by atoms with E-state index in [0.717, 1.165) is 24.5 Å². The molecule has 2 amide bonds. The molecule has 0 aliphatic carbocycles. The van der Waals surface area contributed by atoms with Gasteiger partial charge in [-0.3, -0.25) is 19.3 Å². The fourth-order valence-electron chi connectivity index (χ4n) is 3.27. The van der Waals surface area contributed by atoms with E-state index < -0.39 is 29.5 Å². The molecule has 0 spiro atoms.